The first-order chi connectivity index (χ1) is 27.3. The van der Waals surface area contributed by atoms with Crippen molar-refractivity contribution in [3.63, 3.8) is 0 Å². The molecule has 0 aliphatic rings. The molecule has 0 unspecified atom stereocenters. The monoisotopic (exact) mass is 1010 g/mol. The standard InChI is InChI=1S/C8H8BrN3O2S.C8H9N3O2S.C6H5N3O2S.C3H2Cl2O2.C3H5N3S.CH4.BHNS/c1-3-14-6-5(9)7(13)12-8(10-6)15-4(2)11-12;1-3-13-6-4-7(12)11-8(9-6)14-5(2)10-11;1-3-8-9-5(11)2-4(10)7-6(9)12-3;4-2(6)1-3(5)7;1-2-5-6-3(4)7-2;;1-2-3/h3H2,1-2H3;4H,3H2,1-2H3;2,10H,1H3;1H2;1H3,(H2,4,6);1H4;3H. The van der Waals surface area contributed by atoms with Crippen molar-refractivity contribution in [1.82, 2.24) is 54.0 Å². The summed E-state index contributed by atoms with van der Waals surface area (Å²) in [4.78, 5) is 67.4. The number of nitrogens with zero attached hydrogens (tertiary/aromatic N) is 12. The molecule has 59 heavy (non-hydrogen) atoms. The fourth-order valence-electron chi connectivity index (χ4n) is 3.56. The number of nitrogens with two attached hydrogens (primary N) is 1. The minimum absolute atomic E-state index is 0. The summed E-state index contributed by atoms with van der Waals surface area (Å²) in [5.74, 6) is 0.427. The van der Waals surface area contributed by atoms with E-state index in [0.29, 0.717) is 49.5 Å². The van der Waals surface area contributed by atoms with Gasteiger partial charge in [0.25, 0.3) is 16.7 Å². The maximum atomic E-state index is 11.8. The first-order valence-electron chi connectivity index (χ1n) is 15.6. The molecule has 0 saturated carbocycles. The van der Waals surface area contributed by atoms with Gasteiger partial charge < -0.3 is 20.3 Å². The molecule has 0 atom stereocenters. The zero-order valence-electron chi connectivity index (χ0n) is 30.8. The SMILES string of the molecule is C.CCOc1cc(=O)n2nc(C)sc2n1.CCOc1nc2sc(C)nn2c(=O)c1Br.Cc1nn2c(=O)cc(O)nc2s1.Cc1nnc(N)s1.O=C(Cl)CC(=O)Cl.[B]=NS. The van der Waals surface area contributed by atoms with Crippen LogP contribution in [0.25, 0.3) is 14.9 Å². The summed E-state index contributed by atoms with van der Waals surface area (Å²) in [6.45, 7) is 12.0. The number of fused-ring (bicyclic) bond motifs is 3. The second kappa shape index (κ2) is 26.0. The molecule has 0 aliphatic carbocycles. The third-order valence-electron chi connectivity index (χ3n) is 5.47. The van der Waals surface area contributed by atoms with Crippen molar-refractivity contribution in [2.75, 3.05) is 18.9 Å². The Balaban J connectivity index is 0.000000371. The average Bonchev–Trinajstić information content (AvgIpc) is 3.90. The van der Waals surface area contributed by atoms with E-state index in [9.17, 15) is 24.0 Å². The molecule has 7 aromatic heterocycles. The number of aromatic nitrogens is 11. The molecule has 1 radical (unpaired) electrons. The number of aryl methyl sites for hydroxylation is 4. The molecular weight excluding hydrogens is 980 g/mol. The van der Waals surface area contributed by atoms with Gasteiger partial charge in [-0.25, -0.2) is 0 Å². The van der Waals surface area contributed by atoms with E-state index in [0.717, 1.165) is 26.1 Å². The van der Waals surface area contributed by atoms with Crippen molar-refractivity contribution in [2.45, 2.75) is 55.4 Å². The molecule has 30 heteroatoms. The van der Waals surface area contributed by atoms with Crippen molar-refractivity contribution >= 4 is 135 Å². The molecule has 7 heterocycles. The number of thiol groups is 1. The van der Waals surface area contributed by atoms with E-state index in [1.54, 1.807) is 6.92 Å². The van der Waals surface area contributed by atoms with Crippen LogP contribution in [0.1, 0.15) is 47.7 Å². The molecule has 0 spiro atoms. The Labute approximate surface area is 375 Å². The number of anilines is 1. The molecule has 7 rings (SSSR count). The van der Waals surface area contributed by atoms with Crippen molar-refractivity contribution in [2.24, 2.45) is 4.30 Å². The van der Waals surface area contributed by atoms with Crippen LogP contribution < -0.4 is 31.9 Å². The molecule has 0 fully saturated rings. The van der Waals surface area contributed by atoms with Gasteiger partial charge in [-0.3, -0.25) is 24.0 Å². The van der Waals surface area contributed by atoms with Crippen molar-refractivity contribution in [3.8, 4) is 17.6 Å². The van der Waals surface area contributed by atoms with Gasteiger partial charge in [-0.1, -0.05) is 52.8 Å². The summed E-state index contributed by atoms with van der Waals surface area (Å²) < 4.78 is 17.1. The molecular formula is C29H34BBrCl2N13O8S5. The number of rotatable bonds is 6. The first-order valence-corrected chi connectivity index (χ1v) is 20.8. The third kappa shape index (κ3) is 17.4. The van der Waals surface area contributed by atoms with Gasteiger partial charge in [0.2, 0.25) is 48.1 Å². The van der Waals surface area contributed by atoms with E-state index in [-0.39, 0.29) is 36.4 Å². The molecule has 0 aromatic carbocycles. The zero-order valence-corrected chi connectivity index (χ0v) is 38.1. The predicted molar refractivity (Wildman–Crippen MR) is 237 cm³/mol. The third-order valence-corrected chi connectivity index (χ3v) is 9.56. The Hall–Kier alpha value is -4.32. The van der Waals surface area contributed by atoms with Gasteiger partial charge in [-0.05, 0) is 80.7 Å². The number of ether oxygens (including phenoxy) is 2. The minimum atomic E-state index is -0.722. The van der Waals surface area contributed by atoms with Crippen LogP contribution in [0.15, 0.2) is 35.3 Å². The summed E-state index contributed by atoms with van der Waals surface area (Å²) in [5.41, 5.74) is 4.42. The molecule has 0 amide bonds. The zero-order chi connectivity index (χ0) is 43.7. The maximum absolute atomic E-state index is 11.8. The van der Waals surface area contributed by atoms with Crippen LogP contribution in [-0.4, -0.2) is 90.4 Å². The van der Waals surface area contributed by atoms with E-state index in [1.165, 1.54) is 65.0 Å². The first kappa shape index (κ1) is 52.7. The molecule has 3 N–H and O–H groups in total. The molecule has 0 aliphatic heterocycles. The molecule has 21 nitrogen and oxygen atoms in total. The van der Waals surface area contributed by atoms with Crippen LogP contribution in [0.4, 0.5) is 5.13 Å². The Morgan fingerprint density at radius 2 is 1.27 bits per heavy atom. The molecule has 0 bridgehead atoms. The summed E-state index contributed by atoms with van der Waals surface area (Å²) in [6.07, 6.45) is -0.386. The van der Waals surface area contributed by atoms with Gasteiger partial charge in [-0.15, -0.1) is 10.2 Å². The predicted octanol–water partition coefficient (Wildman–Crippen LogP) is 4.80. The molecule has 0 saturated heterocycles. The Morgan fingerprint density at radius 1 is 0.814 bits per heavy atom. The topological polar surface area (TPSA) is 279 Å². The number of hydrogen-bond acceptors (Lipinski definition) is 23. The van der Waals surface area contributed by atoms with Crippen molar-refractivity contribution < 1.29 is 24.2 Å². The van der Waals surface area contributed by atoms with E-state index < -0.39 is 10.5 Å². The van der Waals surface area contributed by atoms with Gasteiger partial charge >= 0.3 is 24.8 Å². The second-order valence-corrected chi connectivity index (χ2v) is 16.5. The number of hydrogen-bond donors (Lipinski definition) is 3. The summed E-state index contributed by atoms with van der Waals surface area (Å²) in [5, 5.41) is 30.5. The molecule has 317 valence electrons. The van der Waals surface area contributed by atoms with Crippen LogP contribution in [-0.2, 0) is 9.59 Å². The number of halogens is 3. The van der Waals surface area contributed by atoms with Crippen LogP contribution in [0, 0.1) is 27.7 Å². The van der Waals surface area contributed by atoms with E-state index >= 15 is 0 Å². The summed E-state index contributed by atoms with van der Waals surface area (Å²) in [6, 6.07) is 2.38. The van der Waals surface area contributed by atoms with E-state index in [2.05, 4.69) is 81.1 Å². The van der Waals surface area contributed by atoms with Crippen LogP contribution in [0.5, 0.6) is 17.6 Å². The summed E-state index contributed by atoms with van der Waals surface area (Å²) >= 11 is 21.2. The average molecular weight is 1010 g/mol. The van der Waals surface area contributed by atoms with Gasteiger partial charge in [0, 0.05) is 0 Å². The van der Waals surface area contributed by atoms with Crippen LogP contribution in [0.2, 0.25) is 0 Å². The van der Waals surface area contributed by atoms with Gasteiger partial charge in [0.15, 0.2) is 0 Å². The van der Waals surface area contributed by atoms with Gasteiger partial charge in [0.05, 0.1) is 31.8 Å². The fraction of sp³-hybridized carbons (Fsp3) is 0.345. The summed E-state index contributed by atoms with van der Waals surface area (Å²) in [7, 11) is 4.34. The van der Waals surface area contributed by atoms with Gasteiger partial charge in [0.1, 0.15) is 24.5 Å². The van der Waals surface area contributed by atoms with E-state index in [1.807, 2.05) is 34.6 Å². The number of nitrogen functional groups attached to an aromatic ring is 1. The Bertz CT molecular complexity index is 2640. The number of carbonyl (C=O) groups is 2. The number of carbonyl (C=O) groups excluding carboxylic acids is 2. The van der Waals surface area contributed by atoms with Crippen LogP contribution in [0.3, 0.4) is 0 Å². The Morgan fingerprint density at radius 3 is 1.68 bits per heavy atom. The van der Waals surface area contributed by atoms with Crippen LogP contribution >= 0.6 is 97.3 Å². The normalized spacial score (nSPS) is 9.78. The van der Waals surface area contributed by atoms with E-state index in [4.69, 9.17) is 43.5 Å². The quantitative estimate of drug-likeness (QED) is 0.0873. The van der Waals surface area contributed by atoms with Crippen molar-refractivity contribution in [3.05, 3.63) is 67.7 Å². The van der Waals surface area contributed by atoms with Crippen molar-refractivity contribution in [1.29, 1.82) is 0 Å². The van der Waals surface area contributed by atoms with Gasteiger partial charge in [-0.2, -0.15) is 43.8 Å². The number of aromatic hydroxyl groups is 1. The Kier molecular flexibility index (Phi) is 23.2. The fourth-order valence-corrected chi connectivity index (χ4v) is 6.92. The second-order valence-electron chi connectivity index (χ2n) is 9.90. The molecule has 7 aromatic rings.